The lowest BCUT2D eigenvalue weighted by molar-refractivity contribution is -0.131. The van der Waals surface area contributed by atoms with Crippen LogP contribution in [0, 0.1) is 12.7 Å². The molecule has 2 aliphatic heterocycles. The molecule has 10 heteroatoms. The first kappa shape index (κ1) is 26.4. The molecular formula is C29H28FN5O3S. The molecule has 2 aliphatic rings. The lowest BCUT2D eigenvalue weighted by Crippen LogP contribution is -2.52. The Bertz CT molecular complexity index is 1440. The normalized spacial score (nSPS) is 17.1. The van der Waals surface area contributed by atoms with Gasteiger partial charge in [0.2, 0.25) is 12.1 Å². The molecule has 2 heterocycles. The molecule has 39 heavy (non-hydrogen) atoms. The fraction of sp³-hybridized carbons (Fsp3) is 0.241. The molecule has 8 nitrogen and oxygen atoms in total. The zero-order chi connectivity index (χ0) is 27.4. The van der Waals surface area contributed by atoms with Crippen molar-refractivity contribution in [2.45, 2.75) is 13.1 Å². The van der Waals surface area contributed by atoms with Crippen LogP contribution in [0.5, 0.6) is 0 Å². The summed E-state index contributed by atoms with van der Waals surface area (Å²) in [5, 5.41) is 5.36. The van der Waals surface area contributed by atoms with Crippen molar-refractivity contribution in [3.8, 4) is 0 Å². The van der Waals surface area contributed by atoms with Gasteiger partial charge in [0.05, 0.1) is 11.4 Å². The van der Waals surface area contributed by atoms with Gasteiger partial charge in [0.15, 0.2) is 0 Å². The molecule has 0 unspecified atom stereocenters. The summed E-state index contributed by atoms with van der Waals surface area (Å²) in [5.74, 6) is 0.362. The van der Waals surface area contributed by atoms with Crippen molar-refractivity contribution in [3.63, 3.8) is 0 Å². The monoisotopic (exact) mass is 545 g/mol. The molecule has 2 N–H and O–H groups in total. The van der Waals surface area contributed by atoms with Crippen molar-refractivity contribution in [1.82, 2.24) is 10.2 Å². The van der Waals surface area contributed by atoms with Crippen molar-refractivity contribution in [2.24, 2.45) is 4.99 Å². The van der Waals surface area contributed by atoms with Crippen LogP contribution in [0.15, 0.2) is 77.8 Å². The highest BCUT2D eigenvalue weighted by molar-refractivity contribution is 7.99. The number of rotatable bonds is 5. The van der Waals surface area contributed by atoms with E-state index in [0.717, 1.165) is 17.1 Å². The fourth-order valence-corrected chi connectivity index (χ4v) is 5.52. The highest BCUT2D eigenvalue weighted by Gasteiger charge is 2.35. The van der Waals surface area contributed by atoms with Crippen molar-refractivity contribution >= 4 is 46.7 Å². The number of anilines is 2. The molecule has 200 valence electrons. The number of benzodiazepines with no additional fused rings is 1. The molecule has 4 amide bonds. The van der Waals surface area contributed by atoms with Crippen molar-refractivity contribution in [2.75, 3.05) is 41.4 Å². The van der Waals surface area contributed by atoms with Gasteiger partial charge in [0.25, 0.3) is 5.91 Å². The van der Waals surface area contributed by atoms with Crippen LogP contribution in [0.25, 0.3) is 0 Å². The lowest BCUT2D eigenvalue weighted by Gasteiger charge is -2.30. The van der Waals surface area contributed by atoms with Crippen LogP contribution in [0.1, 0.15) is 16.7 Å². The molecule has 0 aliphatic carbocycles. The molecule has 3 aromatic carbocycles. The number of halogens is 1. The first-order valence-electron chi connectivity index (χ1n) is 12.6. The predicted molar refractivity (Wildman–Crippen MR) is 152 cm³/mol. The van der Waals surface area contributed by atoms with Crippen molar-refractivity contribution in [3.05, 3.63) is 95.3 Å². The largest absolute Gasteiger partial charge is 0.339 e. The number of nitrogens with zero attached hydrogens (tertiary/aromatic N) is 3. The molecular weight excluding hydrogens is 517 g/mol. The summed E-state index contributed by atoms with van der Waals surface area (Å²) in [6.45, 7) is 2.88. The van der Waals surface area contributed by atoms with E-state index in [2.05, 4.69) is 15.6 Å². The molecule has 0 saturated carbocycles. The second-order valence-electron chi connectivity index (χ2n) is 9.26. The Morgan fingerprint density at radius 1 is 1.00 bits per heavy atom. The van der Waals surface area contributed by atoms with Gasteiger partial charge in [-0.3, -0.25) is 14.5 Å². The molecule has 5 rings (SSSR count). The highest BCUT2D eigenvalue weighted by Crippen LogP contribution is 2.29. The zero-order valence-electron chi connectivity index (χ0n) is 21.4. The Balaban J connectivity index is 1.53. The molecule has 1 saturated heterocycles. The van der Waals surface area contributed by atoms with E-state index >= 15 is 4.39 Å². The average molecular weight is 546 g/mol. The van der Waals surface area contributed by atoms with Gasteiger partial charge in [0, 0.05) is 41.4 Å². The van der Waals surface area contributed by atoms with E-state index in [9.17, 15) is 14.4 Å². The van der Waals surface area contributed by atoms with E-state index < -0.39 is 23.9 Å². The third kappa shape index (κ3) is 5.96. The number of benzene rings is 3. The number of amides is 4. The minimum Gasteiger partial charge on any atom is -0.339 e. The van der Waals surface area contributed by atoms with Crippen LogP contribution < -0.4 is 15.5 Å². The maximum absolute atomic E-state index is 15.0. The summed E-state index contributed by atoms with van der Waals surface area (Å²) in [6, 6.07) is 19.7. The number of carbonyl (C=O) groups excluding carboxylic acids is 3. The maximum atomic E-state index is 15.0. The van der Waals surface area contributed by atoms with Crippen molar-refractivity contribution in [1.29, 1.82) is 0 Å². The van der Waals surface area contributed by atoms with Gasteiger partial charge in [-0.25, -0.2) is 14.2 Å². The van der Waals surface area contributed by atoms with Crippen LogP contribution in [0.4, 0.5) is 20.6 Å². The Morgan fingerprint density at radius 2 is 1.72 bits per heavy atom. The molecule has 0 bridgehead atoms. The van der Waals surface area contributed by atoms with Crippen LogP contribution >= 0.6 is 11.8 Å². The van der Waals surface area contributed by atoms with E-state index in [1.165, 1.54) is 11.0 Å². The molecule has 1 fully saturated rings. The quantitative estimate of drug-likeness (QED) is 0.506. The third-order valence-corrected chi connectivity index (χ3v) is 7.48. The van der Waals surface area contributed by atoms with Crippen LogP contribution in [0.3, 0.4) is 0 Å². The predicted octanol–water partition coefficient (Wildman–Crippen LogP) is 4.04. The SMILES string of the molecule is Cc1cccc(NC(=O)N[C@@H]2N=C(c3ccccc3F)c3ccccc3N(CC(=O)N3CCSCC3)C2=O)c1. The second-order valence-corrected chi connectivity index (χ2v) is 10.5. The Kier molecular flexibility index (Phi) is 7.92. The number of para-hydroxylation sites is 1. The highest BCUT2D eigenvalue weighted by atomic mass is 32.2. The number of aryl methyl sites for hydroxylation is 1. The number of thioether (sulfide) groups is 1. The fourth-order valence-electron chi connectivity index (χ4n) is 4.62. The Labute approximate surface area is 230 Å². The van der Waals surface area contributed by atoms with E-state index in [1.807, 2.05) is 13.0 Å². The van der Waals surface area contributed by atoms with Gasteiger partial charge >= 0.3 is 6.03 Å². The summed E-state index contributed by atoms with van der Waals surface area (Å²) < 4.78 is 15.0. The number of carbonyl (C=O) groups is 3. The van der Waals surface area contributed by atoms with Gasteiger partial charge in [0.1, 0.15) is 12.4 Å². The smallest absolute Gasteiger partial charge is 0.321 e. The summed E-state index contributed by atoms with van der Waals surface area (Å²) >= 11 is 1.78. The minimum absolute atomic E-state index is 0.185. The van der Waals surface area contributed by atoms with Crippen LogP contribution in [0.2, 0.25) is 0 Å². The molecule has 1 atom stereocenters. The van der Waals surface area contributed by atoms with E-state index in [0.29, 0.717) is 30.0 Å². The number of hydrogen-bond acceptors (Lipinski definition) is 5. The Hall–Kier alpha value is -4.18. The minimum atomic E-state index is -1.40. The van der Waals surface area contributed by atoms with Crippen LogP contribution in [-0.4, -0.2) is 65.8 Å². The maximum Gasteiger partial charge on any atom is 0.321 e. The third-order valence-electron chi connectivity index (χ3n) is 6.54. The first-order valence-corrected chi connectivity index (χ1v) is 13.8. The summed E-state index contributed by atoms with van der Waals surface area (Å²) in [4.78, 5) is 47.9. The number of nitrogens with one attached hydrogen (secondary N) is 2. The van der Waals surface area contributed by atoms with E-state index in [4.69, 9.17) is 0 Å². The molecule has 0 spiro atoms. The number of urea groups is 1. The van der Waals surface area contributed by atoms with Crippen molar-refractivity contribution < 1.29 is 18.8 Å². The second kappa shape index (κ2) is 11.7. The summed E-state index contributed by atoms with van der Waals surface area (Å²) in [5.41, 5.74) is 2.81. The standard InChI is InChI=1S/C29H28FN5O3S/c1-19-7-6-8-20(17-19)31-29(38)33-27-28(37)35(18-25(36)34-13-15-39-16-14-34)24-12-5-3-10-22(24)26(32-27)21-9-2-4-11-23(21)30/h2-12,17,27H,13-16,18H2,1H3,(H2,31,33,38)/t27-/m0/s1. The van der Waals surface area contributed by atoms with E-state index in [1.54, 1.807) is 77.3 Å². The topological polar surface area (TPSA) is 94.1 Å². The molecule has 3 aromatic rings. The average Bonchev–Trinajstić information content (AvgIpc) is 3.04. The van der Waals surface area contributed by atoms with Gasteiger partial charge < -0.3 is 15.5 Å². The Morgan fingerprint density at radius 3 is 2.46 bits per heavy atom. The lowest BCUT2D eigenvalue weighted by atomic mass is 9.99. The van der Waals surface area contributed by atoms with Crippen LogP contribution in [-0.2, 0) is 9.59 Å². The molecule has 0 radical (unpaired) electrons. The van der Waals surface area contributed by atoms with Gasteiger partial charge in [-0.05, 0) is 42.8 Å². The first-order chi connectivity index (χ1) is 18.9. The number of aliphatic imine (C=N–C) groups is 1. The number of fused-ring (bicyclic) bond motifs is 1. The van der Waals surface area contributed by atoms with E-state index in [-0.39, 0.29) is 23.7 Å². The van der Waals surface area contributed by atoms with Gasteiger partial charge in [-0.1, -0.05) is 42.5 Å². The van der Waals surface area contributed by atoms with Gasteiger partial charge in [-0.15, -0.1) is 0 Å². The summed E-state index contributed by atoms with van der Waals surface area (Å²) in [6.07, 6.45) is -1.40. The summed E-state index contributed by atoms with van der Waals surface area (Å²) in [7, 11) is 0. The zero-order valence-corrected chi connectivity index (χ0v) is 22.2. The number of hydrogen-bond donors (Lipinski definition) is 2. The molecule has 0 aromatic heterocycles. The van der Waals surface area contributed by atoms with Gasteiger partial charge in [-0.2, -0.15) is 11.8 Å².